The molecule has 0 saturated carbocycles. The number of hydrogen-bond donors (Lipinski definition) is 0. The van der Waals surface area contributed by atoms with Crippen LogP contribution in [0.25, 0.3) is 0 Å². The van der Waals surface area contributed by atoms with Gasteiger partial charge in [0.25, 0.3) is 0 Å². The minimum atomic E-state index is -1.03. The molecule has 1 aliphatic rings. The maximum Gasteiger partial charge on any atom is 0.306 e. The molecule has 0 aromatic carbocycles. The second kappa shape index (κ2) is 5.38. The Bertz CT molecular complexity index is 306. The van der Waals surface area contributed by atoms with Crippen molar-refractivity contribution in [3.63, 3.8) is 0 Å². The van der Waals surface area contributed by atoms with Gasteiger partial charge in [-0.3, -0.25) is 4.79 Å². The summed E-state index contributed by atoms with van der Waals surface area (Å²) in [5, 5.41) is 0. The lowest BCUT2D eigenvalue weighted by molar-refractivity contribution is -0.143. The summed E-state index contributed by atoms with van der Waals surface area (Å²) >= 11 is 12.0. The lowest BCUT2D eigenvalue weighted by Gasteiger charge is -2.25. The number of carbonyl (C=O) groups is 1. The highest BCUT2D eigenvalue weighted by atomic mass is 35.5. The van der Waals surface area contributed by atoms with Crippen molar-refractivity contribution in [2.45, 2.75) is 10.8 Å². The molecule has 0 saturated heterocycles. The first-order chi connectivity index (χ1) is 7.06. The number of alkyl halides is 2. The first kappa shape index (κ1) is 12.3. The maximum atomic E-state index is 11.3. The van der Waals surface area contributed by atoms with Crippen LogP contribution in [0.5, 0.6) is 0 Å². The van der Waals surface area contributed by atoms with Gasteiger partial charge in [-0.05, 0) is 6.08 Å². The average molecular weight is 247 g/mol. The minimum absolute atomic E-state index is 0.168. The third-order valence-corrected chi connectivity index (χ3v) is 2.83. The molecule has 0 spiro atoms. The van der Waals surface area contributed by atoms with Crippen molar-refractivity contribution in [1.82, 2.24) is 0 Å². The van der Waals surface area contributed by atoms with Crippen molar-refractivity contribution < 1.29 is 9.53 Å². The van der Waals surface area contributed by atoms with Crippen molar-refractivity contribution in [1.29, 1.82) is 0 Å². The van der Waals surface area contributed by atoms with Crippen molar-refractivity contribution in [3.05, 3.63) is 37.0 Å². The zero-order valence-electron chi connectivity index (χ0n) is 8.16. The zero-order chi connectivity index (χ0) is 11.3. The number of ether oxygens (including phenoxy) is 1. The summed E-state index contributed by atoms with van der Waals surface area (Å²) in [6, 6.07) is 0. The van der Waals surface area contributed by atoms with E-state index in [1.54, 1.807) is 18.2 Å². The van der Waals surface area contributed by atoms with Crippen LogP contribution >= 0.6 is 23.2 Å². The molecule has 0 amide bonds. The third kappa shape index (κ3) is 3.73. The highest BCUT2D eigenvalue weighted by Gasteiger charge is 2.33. The van der Waals surface area contributed by atoms with Crippen LogP contribution in [0.1, 0.15) is 6.42 Å². The summed E-state index contributed by atoms with van der Waals surface area (Å²) in [5.41, 5.74) is 0. The predicted octanol–water partition coefficient (Wildman–Crippen LogP) is 3.02. The van der Waals surface area contributed by atoms with E-state index >= 15 is 0 Å². The Kier molecular flexibility index (Phi) is 4.43. The molecule has 1 rings (SSSR count). The van der Waals surface area contributed by atoms with Gasteiger partial charge < -0.3 is 4.74 Å². The van der Waals surface area contributed by atoms with Gasteiger partial charge in [0.1, 0.15) is 10.9 Å². The first-order valence-corrected chi connectivity index (χ1v) is 5.32. The second-order valence-corrected chi connectivity index (χ2v) is 4.65. The Labute approximate surface area is 99.2 Å². The summed E-state index contributed by atoms with van der Waals surface area (Å²) in [4.78, 5) is 11.3. The van der Waals surface area contributed by atoms with Crippen LogP contribution in [0.2, 0.25) is 0 Å². The van der Waals surface area contributed by atoms with Crippen molar-refractivity contribution >= 4 is 29.2 Å². The summed E-state index contributed by atoms with van der Waals surface area (Å²) in [6.07, 6.45) is 8.71. The van der Waals surface area contributed by atoms with E-state index in [-0.39, 0.29) is 24.9 Å². The number of hydrogen-bond acceptors (Lipinski definition) is 2. The van der Waals surface area contributed by atoms with Gasteiger partial charge in [0.05, 0.1) is 6.42 Å². The quantitative estimate of drug-likeness (QED) is 0.433. The lowest BCUT2D eigenvalue weighted by Crippen LogP contribution is -2.26. The monoisotopic (exact) mass is 246 g/mol. The van der Waals surface area contributed by atoms with E-state index < -0.39 is 4.33 Å². The van der Waals surface area contributed by atoms with Crippen LogP contribution in [0.15, 0.2) is 37.0 Å². The van der Waals surface area contributed by atoms with Gasteiger partial charge in [-0.1, -0.05) is 54.1 Å². The number of rotatable bonds is 4. The molecule has 15 heavy (non-hydrogen) atoms. The normalized spacial score (nSPS) is 22.4. The SMILES string of the molecule is C=CCOC(=O)CC1C=CC=CC1(Cl)Cl. The molecule has 0 N–H and O–H groups in total. The lowest BCUT2D eigenvalue weighted by atomic mass is 9.96. The summed E-state index contributed by atoms with van der Waals surface area (Å²) in [5.74, 6) is -0.575. The fraction of sp³-hybridized carbons (Fsp3) is 0.364. The third-order valence-electron chi connectivity index (χ3n) is 2.02. The van der Waals surface area contributed by atoms with Gasteiger partial charge in [-0.2, -0.15) is 0 Å². The molecular formula is C11H12Cl2O2. The van der Waals surface area contributed by atoms with Crippen molar-refractivity contribution in [2.75, 3.05) is 6.61 Å². The number of esters is 1. The van der Waals surface area contributed by atoms with Gasteiger partial charge in [-0.15, -0.1) is 0 Å². The molecule has 0 bridgehead atoms. The van der Waals surface area contributed by atoms with Gasteiger partial charge in [0.2, 0.25) is 0 Å². The van der Waals surface area contributed by atoms with E-state index in [9.17, 15) is 4.79 Å². The van der Waals surface area contributed by atoms with E-state index in [2.05, 4.69) is 6.58 Å². The Hall–Kier alpha value is -0.730. The Morgan fingerprint density at radius 3 is 2.87 bits per heavy atom. The molecule has 0 aromatic rings. The molecule has 1 unspecified atom stereocenters. The van der Waals surface area contributed by atoms with E-state index in [1.807, 2.05) is 6.08 Å². The van der Waals surface area contributed by atoms with Crippen LogP contribution in [-0.4, -0.2) is 16.9 Å². The summed E-state index contributed by atoms with van der Waals surface area (Å²) < 4.78 is 3.83. The van der Waals surface area contributed by atoms with Crippen molar-refractivity contribution in [3.8, 4) is 0 Å². The fourth-order valence-electron chi connectivity index (χ4n) is 1.23. The van der Waals surface area contributed by atoms with Crippen molar-refractivity contribution in [2.24, 2.45) is 5.92 Å². The summed E-state index contributed by atoms with van der Waals surface area (Å²) in [7, 11) is 0. The largest absolute Gasteiger partial charge is 0.461 e. The second-order valence-electron chi connectivity index (χ2n) is 3.20. The van der Waals surface area contributed by atoms with E-state index in [4.69, 9.17) is 27.9 Å². The maximum absolute atomic E-state index is 11.3. The number of halogens is 2. The molecule has 1 aliphatic carbocycles. The van der Waals surface area contributed by atoms with E-state index in [0.29, 0.717) is 0 Å². The predicted molar refractivity (Wildman–Crippen MR) is 62.0 cm³/mol. The van der Waals surface area contributed by atoms with Gasteiger partial charge in [0.15, 0.2) is 0 Å². The molecule has 4 heteroatoms. The van der Waals surface area contributed by atoms with Gasteiger partial charge >= 0.3 is 5.97 Å². The first-order valence-electron chi connectivity index (χ1n) is 4.56. The molecule has 0 aromatic heterocycles. The molecule has 0 heterocycles. The zero-order valence-corrected chi connectivity index (χ0v) is 9.67. The number of allylic oxidation sites excluding steroid dienone is 4. The highest BCUT2D eigenvalue weighted by Crippen LogP contribution is 2.37. The topological polar surface area (TPSA) is 26.3 Å². The van der Waals surface area contributed by atoms with E-state index in [0.717, 1.165) is 0 Å². The van der Waals surface area contributed by atoms with Crippen LogP contribution in [-0.2, 0) is 9.53 Å². The average Bonchev–Trinajstić information content (AvgIpc) is 2.18. The fourth-order valence-corrected chi connectivity index (χ4v) is 1.67. The minimum Gasteiger partial charge on any atom is -0.461 e. The standard InChI is InChI=1S/C11H12Cl2O2/c1-2-7-15-10(14)8-9-5-3-4-6-11(9,12)13/h2-6,9H,1,7-8H2. The molecule has 82 valence electrons. The van der Waals surface area contributed by atoms with Gasteiger partial charge in [-0.25, -0.2) is 0 Å². The van der Waals surface area contributed by atoms with Crippen LogP contribution < -0.4 is 0 Å². The smallest absolute Gasteiger partial charge is 0.306 e. The molecule has 2 nitrogen and oxygen atoms in total. The van der Waals surface area contributed by atoms with Gasteiger partial charge in [0, 0.05) is 5.92 Å². The molecule has 0 aliphatic heterocycles. The Morgan fingerprint density at radius 2 is 2.27 bits per heavy atom. The van der Waals surface area contributed by atoms with E-state index in [1.165, 1.54) is 6.08 Å². The highest BCUT2D eigenvalue weighted by molar-refractivity contribution is 6.50. The Balaban J connectivity index is 2.50. The molecule has 0 fully saturated rings. The summed E-state index contributed by atoms with van der Waals surface area (Å²) in [6.45, 7) is 3.66. The van der Waals surface area contributed by atoms with Crippen LogP contribution in [0, 0.1) is 5.92 Å². The van der Waals surface area contributed by atoms with Crippen LogP contribution in [0.4, 0.5) is 0 Å². The molecule has 0 radical (unpaired) electrons. The van der Waals surface area contributed by atoms with Crippen LogP contribution in [0.3, 0.4) is 0 Å². The Morgan fingerprint density at radius 1 is 1.53 bits per heavy atom. The number of carbonyl (C=O) groups excluding carboxylic acids is 1. The molecular weight excluding hydrogens is 235 g/mol. The molecule has 1 atom stereocenters.